The van der Waals surface area contributed by atoms with Crippen LogP contribution in [0, 0.1) is 15.5 Å². The summed E-state index contributed by atoms with van der Waals surface area (Å²) in [5.41, 5.74) is 12.4. The lowest BCUT2D eigenvalue weighted by Gasteiger charge is -2.16. The summed E-state index contributed by atoms with van der Waals surface area (Å²) in [5, 5.41) is 20.6. The zero-order chi connectivity index (χ0) is 16.7. The average Bonchev–Trinajstić information content (AvgIpc) is 2.90. The number of nitro groups is 1. The third-order valence-electron chi connectivity index (χ3n) is 3.46. The van der Waals surface area contributed by atoms with Crippen molar-refractivity contribution in [1.29, 1.82) is 5.41 Å². The highest BCUT2D eigenvalue weighted by molar-refractivity contribution is 6.35. The molecule has 1 aromatic rings. The lowest BCUT2D eigenvalue weighted by Crippen LogP contribution is -2.37. The molecule has 1 unspecified atom stereocenters. The number of amides is 1. The first kappa shape index (κ1) is 14.5. The van der Waals surface area contributed by atoms with E-state index in [2.05, 4.69) is 15.3 Å². The summed E-state index contributed by atoms with van der Waals surface area (Å²) in [6, 6.07) is 3.38. The molecular formula is C13H11N7O3. The Hall–Kier alpha value is -3.40. The summed E-state index contributed by atoms with van der Waals surface area (Å²) in [6.07, 6.45) is 1.37. The number of anilines is 1. The van der Waals surface area contributed by atoms with E-state index in [0.717, 1.165) is 0 Å². The Labute approximate surface area is 129 Å². The standard InChI is InChI=1S/C13H11N7O3/c14-7-2-1-5(3-8(7)20(22)23)10(15)6-4-17-11-9(6)12(21)19-13(16)18-11/h1-4,10H,14-15H2,(H2,16,19,21). The number of carbonyl (C=O) groups excluding carboxylic acids is 1. The van der Waals surface area contributed by atoms with Crippen LogP contribution in [0.1, 0.15) is 11.6 Å². The second kappa shape index (κ2) is 5.10. The van der Waals surface area contributed by atoms with Gasteiger partial charge in [0.25, 0.3) is 11.6 Å². The van der Waals surface area contributed by atoms with E-state index in [0.29, 0.717) is 11.1 Å². The lowest BCUT2D eigenvalue weighted by atomic mass is 9.95. The number of nitrogens with zero attached hydrogens (tertiary/aromatic N) is 3. The number of nitro benzene ring substituents is 1. The number of aliphatic imine (C=N–C) groups is 2. The molecule has 0 aromatic heterocycles. The molecule has 2 heterocycles. The predicted molar refractivity (Wildman–Crippen MR) is 83.3 cm³/mol. The number of hydrogen-bond donors (Lipinski definition) is 4. The monoisotopic (exact) mass is 313 g/mol. The van der Waals surface area contributed by atoms with Crippen LogP contribution in [-0.4, -0.2) is 28.8 Å². The number of nitrogens with one attached hydrogen (secondary N) is 2. The number of amidine groups is 1. The number of carbonyl (C=O) groups is 1. The van der Waals surface area contributed by atoms with Gasteiger partial charge >= 0.3 is 0 Å². The van der Waals surface area contributed by atoms with Crippen molar-refractivity contribution in [2.24, 2.45) is 15.7 Å². The fraction of sp³-hybridized carbons (Fsp3) is 0.0769. The smallest absolute Gasteiger partial charge is 0.292 e. The molecule has 0 spiro atoms. The Balaban J connectivity index is 2.06. The molecule has 0 aliphatic carbocycles. The van der Waals surface area contributed by atoms with Crippen molar-refractivity contribution in [3.63, 3.8) is 0 Å². The van der Waals surface area contributed by atoms with Gasteiger partial charge < -0.3 is 11.5 Å². The van der Waals surface area contributed by atoms with E-state index in [1.165, 1.54) is 18.3 Å². The van der Waals surface area contributed by atoms with Crippen LogP contribution in [0.25, 0.3) is 0 Å². The summed E-state index contributed by atoms with van der Waals surface area (Å²) < 4.78 is 0. The largest absolute Gasteiger partial charge is 0.393 e. The molecule has 3 rings (SSSR count). The topological polar surface area (TPSA) is 173 Å². The summed E-state index contributed by atoms with van der Waals surface area (Å²) in [4.78, 5) is 30.2. The van der Waals surface area contributed by atoms with Crippen LogP contribution >= 0.6 is 0 Å². The van der Waals surface area contributed by atoms with Gasteiger partial charge in [0.15, 0.2) is 5.84 Å². The highest BCUT2D eigenvalue weighted by atomic mass is 16.6. The maximum Gasteiger partial charge on any atom is 0.292 e. The highest BCUT2D eigenvalue weighted by Crippen LogP contribution is 2.30. The van der Waals surface area contributed by atoms with E-state index in [-0.39, 0.29) is 28.7 Å². The Bertz CT molecular complexity index is 853. The zero-order valence-corrected chi connectivity index (χ0v) is 11.6. The van der Waals surface area contributed by atoms with E-state index >= 15 is 0 Å². The number of fused-ring (bicyclic) bond motifs is 1. The van der Waals surface area contributed by atoms with Crippen molar-refractivity contribution >= 4 is 35.3 Å². The molecule has 0 fully saturated rings. The Kier molecular flexibility index (Phi) is 3.22. The van der Waals surface area contributed by atoms with Gasteiger partial charge in [0.2, 0.25) is 5.96 Å². The predicted octanol–water partition coefficient (Wildman–Crippen LogP) is 0.0209. The van der Waals surface area contributed by atoms with Gasteiger partial charge in [0, 0.05) is 17.9 Å². The number of guanidine groups is 1. The minimum absolute atomic E-state index is 0.0230. The van der Waals surface area contributed by atoms with Gasteiger partial charge in [-0.2, -0.15) is 4.99 Å². The van der Waals surface area contributed by atoms with Gasteiger partial charge in [0.1, 0.15) is 5.69 Å². The summed E-state index contributed by atoms with van der Waals surface area (Å²) >= 11 is 0. The molecule has 0 radical (unpaired) electrons. The molecule has 0 saturated heterocycles. The molecule has 2 aliphatic heterocycles. The second-order valence-electron chi connectivity index (χ2n) is 4.88. The molecule has 0 bridgehead atoms. The van der Waals surface area contributed by atoms with Gasteiger partial charge in [0.05, 0.1) is 16.5 Å². The SMILES string of the molecule is N=C1N=C2N=CC(C(N)c3ccc(N)c([N+](=O)[O-])c3)=C2C(=O)N1. The fourth-order valence-corrected chi connectivity index (χ4v) is 2.34. The van der Waals surface area contributed by atoms with Gasteiger partial charge in [-0.15, -0.1) is 0 Å². The Morgan fingerprint density at radius 2 is 2.13 bits per heavy atom. The molecule has 23 heavy (non-hydrogen) atoms. The molecule has 2 aliphatic rings. The van der Waals surface area contributed by atoms with Gasteiger partial charge in [-0.25, -0.2) is 4.99 Å². The Morgan fingerprint density at radius 3 is 2.83 bits per heavy atom. The van der Waals surface area contributed by atoms with E-state index in [9.17, 15) is 14.9 Å². The Morgan fingerprint density at radius 1 is 1.39 bits per heavy atom. The third-order valence-corrected chi connectivity index (χ3v) is 3.46. The molecule has 10 nitrogen and oxygen atoms in total. The molecule has 10 heteroatoms. The first-order valence-electron chi connectivity index (χ1n) is 6.45. The normalized spacial score (nSPS) is 17.7. The maximum atomic E-state index is 12.0. The summed E-state index contributed by atoms with van der Waals surface area (Å²) in [7, 11) is 0. The zero-order valence-electron chi connectivity index (χ0n) is 11.6. The first-order chi connectivity index (χ1) is 10.9. The number of nitrogen functional groups attached to an aromatic ring is 1. The van der Waals surface area contributed by atoms with E-state index in [1.54, 1.807) is 6.07 Å². The van der Waals surface area contributed by atoms with E-state index in [4.69, 9.17) is 16.9 Å². The summed E-state index contributed by atoms with van der Waals surface area (Å²) in [5.74, 6) is -0.731. The van der Waals surface area contributed by atoms with Crippen LogP contribution in [0.5, 0.6) is 0 Å². The molecule has 1 aromatic carbocycles. The number of benzene rings is 1. The quantitative estimate of drug-likeness (QED) is 0.349. The van der Waals surface area contributed by atoms with Crippen molar-refractivity contribution in [1.82, 2.24) is 5.32 Å². The second-order valence-corrected chi connectivity index (χ2v) is 4.88. The van der Waals surface area contributed by atoms with Gasteiger partial charge in [-0.05, 0) is 11.6 Å². The average molecular weight is 313 g/mol. The van der Waals surface area contributed by atoms with Crippen LogP contribution in [-0.2, 0) is 4.79 Å². The molecule has 0 saturated carbocycles. The van der Waals surface area contributed by atoms with Crippen LogP contribution in [0.4, 0.5) is 11.4 Å². The van der Waals surface area contributed by atoms with Crippen LogP contribution in [0.2, 0.25) is 0 Å². The van der Waals surface area contributed by atoms with Crippen LogP contribution in [0.15, 0.2) is 39.3 Å². The third kappa shape index (κ3) is 2.36. The van der Waals surface area contributed by atoms with Crippen LogP contribution < -0.4 is 16.8 Å². The van der Waals surface area contributed by atoms with Gasteiger partial charge in [-0.3, -0.25) is 25.6 Å². The summed E-state index contributed by atoms with van der Waals surface area (Å²) in [6.45, 7) is 0. The van der Waals surface area contributed by atoms with Crippen LogP contribution in [0.3, 0.4) is 0 Å². The number of nitrogens with two attached hydrogens (primary N) is 2. The highest BCUT2D eigenvalue weighted by Gasteiger charge is 2.32. The van der Waals surface area contributed by atoms with E-state index in [1.807, 2.05) is 0 Å². The molecule has 1 amide bonds. The minimum Gasteiger partial charge on any atom is -0.393 e. The minimum atomic E-state index is -0.821. The maximum absolute atomic E-state index is 12.0. The number of hydrogen-bond acceptors (Lipinski definition) is 7. The van der Waals surface area contributed by atoms with Crippen molar-refractivity contribution in [3.05, 3.63) is 45.0 Å². The first-order valence-corrected chi connectivity index (χ1v) is 6.45. The van der Waals surface area contributed by atoms with E-state index < -0.39 is 16.9 Å². The van der Waals surface area contributed by atoms with Crippen molar-refractivity contribution < 1.29 is 9.72 Å². The molecule has 1 atom stereocenters. The van der Waals surface area contributed by atoms with Crippen molar-refractivity contribution in [3.8, 4) is 0 Å². The van der Waals surface area contributed by atoms with Crippen molar-refractivity contribution in [2.45, 2.75) is 6.04 Å². The van der Waals surface area contributed by atoms with Crippen molar-refractivity contribution in [2.75, 3.05) is 5.73 Å². The van der Waals surface area contributed by atoms with Gasteiger partial charge in [-0.1, -0.05) is 6.07 Å². The molecular weight excluding hydrogens is 302 g/mol. The fourth-order valence-electron chi connectivity index (χ4n) is 2.34. The molecule has 6 N–H and O–H groups in total. The number of rotatable bonds is 3. The molecule has 116 valence electrons. The lowest BCUT2D eigenvalue weighted by molar-refractivity contribution is -0.384.